The molecule has 18 heavy (non-hydrogen) atoms. The number of nitrogens with zero attached hydrogens (tertiary/aromatic N) is 2. The second kappa shape index (κ2) is 4.39. The molecule has 0 aromatic carbocycles. The molecule has 3 atom stereocenters. The van der Waals surface area contributed by atoms with Crippen LogP contribution in [-0.2, 0) is 0 Å². The number of carbonyl (C=O) groups excluding carboxylic acids is 1. The summed E-state index contributed by atoms with van der Waals surface area (Å²) in [5.41, 5.74) is 6.96. The van der Waals surface area contributed by atoms with Gasteiger partial charge in [0.1, 0.15) is 0 Å². The largest absolute Gasteiger partial charge is 0.351 e. The van der Waals surface area contributed by atoms with E-state index in [2.05, 4.69) is 5.16 Å². The van der Waals surface area contributed by atoms with Gasteiger partial charge in [-0.3, -0.25) is 4.79 Å². The molecule has 98 valence electrons. The molecule has 1 saturated carbocycles. The molecule has 1 aliphatic heterocycles. The number of hydrogen-bond acceptors (Lipinski definition) is 4. The number of aromatic nitrogens is 1. The monoisotopic (exact) mass is 249 g/mol. The molecule has 0 bridgehead atoms. The van der Waals surface area contributed by atoms with Crippen molar-refractivity contribution in [2.45, 2.75) is 32.2 Å². The summed E-state index contributed by atoms with van der Waals surface area (Å²) >= 11 is 0. The highest BCUT2D eigenvalue weighted by atomic mass is 16.5. The van der Waals surface area contributed by atoms with Crippen LogP contribution in [0, 0.1) is 18.8 Å². The van der Waals surface area contributed by atoms with Gasteiger partial charge in [-0.25, -0.2) is 0 Å². The van der Waals surface area contributed by atoms with Gasteiger partial charge in [-0.15, -0.1) is 0 Å². The average Bonchev–Trinajstić information content (AvgIpc) is 2.95. The van der Waals surface area contributed by atoms with Crippen LogP contribution in [0.25, 0.3) is 0 Å². The van der Waals surface area contributed by atoms with E-state index in [-0.39, 0.29) is 11.9 Å². The zero-order chi connectivity index (χ0) is 12.7. The van der Waals surface area contributed by atoms with Crippen molar-refractivity contribution in [3.05, 3.63) is 17.5 Å². The van der Waals surface area contributed by atoms with Crippen LogP contribution in [0.5, 0.6) is 0 Å². The number of likely N-dealkylation sites (tertiary alicyclic amines) is 1. The first-order valence-electron chi connectivity index (χ1n) is 6.63. The van der Waals surface area contributed by atoms with E-state index < -0.39 is 0 Å². The summed E-state index contributed by atoms with van der Waals surface area (Å²) in [5, 5.41) is 3.67. The van der Waals surface area contributed by atoms with Crippen LogP contribution < -0.4 is 5.73 Å². The van der Waals surface area contributed by atoms with E-state index in [0.29, 0.717) is 17.6 Å². The quantitative estimate of drug-likeness (QED) is 0.811. The first-order valence-corrected chi connectivity index (χ1v) is 6.63. The third kappa shape index (κ3) is 1.82. The van der Waals surface area contributed by atoms with Crippen molar-refractivity contribution in [1.29, 1.82) is 0 Å². The standard InChI is InChI=1S/C13H19N3O2/c1-8-5-15-18-12(8)13(17)16-6-9-3-2-4-11(14)10(9)7-16/h5,9-11H,2-4,6-7,14H2,1H3. The second-order valence-corrected chi connectivity index (χ2v) is 5.57. The smallest absolute Gasteiger partial charge is 0.292 e. The molecule has 1 amide bonds. The summed E-state index contributed by atoms with van der Waals surface area (Å²) in [7, 11) is 0. The Morgan fingerprint density at radius 2 is 2.33 bits per heavy atom. The van der Waals surface area contributed by atoms with Crippen molar-refractivity contribution in [2.24, 2.45) is 17.6 Å². The van der Waals surface area contributed by atoms with Crippen LogP contribution in [0.3, 0.4) is 0 Å². The summed E-state index contributed by atoms with van der Waals surface area (Å²) in [5.74, 6) is 1.38. The Balaban J connectivity index is 1.75. The number of amides is 1. The molecule has 0 radical (unpaired) electrons. The molecule has 3 unspecified atom stereocenters. The third-order valence-electron chi connectivity index (χ3n) is 4.38. The summed E-state index contributed by atoms with van der Waals surface area (Å²) < 4.78 is 5.05. The van der Waals surface area contributed by atoms with Gasteiger partial charge < -0.3 is 15.2 Å². The van der Waals surface area contributed by atoms with Crippen molar-refractivity contribution in [3.8, 4) is 0 Å². The molecule has 1 aliphatic carbocycles. The summed E-state index contributed by atoms with van der Waals surface area (Å²) in [6.07, 6.45) is 5.05. The lowest BCUT2D eigenvalue weighted by Gasteiger charge is -2.29. The molecule has 2 N–H and O–H groups in total. The molecule has 1 aromatic heterocycles. The SMILES string of the molecule is Cc1cnoc1C(=O)N1CC2CCCC(N)C2C1. The molecular formula is C13H19N3O2. The molecule has 1 saturated heterocycles. The molecule has 2 fully saturated rings. The number of fused-ring (bicyclic) bond motifs is 1. The van der Waals surface area contributed by atoms with E-state index in [1.54, 1.807) is 6.20 Å². The first-order chi connectivity index (χ1) is 8.66. The second-order valence-electron chi connectivity index (χ2n) is 5.57. The predicted molar refractivity (Wildman–Crippen MR) is 65.9 cm³/mol. The van der Waals surface area contributed by atoms with Crippen LogP contribution >= 0.6 is 0 Å². The fourth-order valence-electron chi connectivity index (χ4n) is 3.32. The highest BCUT2D eigenvalue weighted by Crippen LogP contribution is 2.36. The maximum absolute atomic E-state index is 12.3. The molecule has 2 aliphatic rings. The minimum absolute atomic E-state index is 0.0356. The van der Waals surface area contributed by atoms with Crippen molar-refractivity contribution in [3.63, 3.8) is 0 Å². The van der Waals surface area contributed by atoms with Crippen LogP contribution in [0.2, 0.25) is 0 Å². The lowest BCUT2D eigenvalue weighted by Crippen LogP contribution is -2.38. The van der Waals surface area contributed by atoms with Gasteiger partial charge in [0.25, 0.3) is 5.91 Å². The van der Waals surface area contributed by atoms with Crippen LogP contribution in [0.4, 0.5) is 0 Å². The van der Waals surface area contributed by atoms with E-state index in [9.17, 15) is 4.79 Å². The van der Waals surface area contributed by atoms with Crippen LogP contribution in [0.15, 0.2) is 10.7 Å². The van der Waals surface area contributed by atoms with Gasteiger partial charge in [-0.1, -0.05) is 11.6 Å². The number of hydrogen-bond donors (Lipinski definition) is 1. The highest BCUT2D eigenvalue weighted by Gasteiger charge is 2.41. The Bertz CT molecular complexity index is 457. The van der Waals surface area contributed by atoms with Gasteiger partial charge in [0.15, 0.2) is 0 Å². The normalized spacial score (nSPS) is 31.4. The van der Waals surface area contributed by atoms with Gasteiger partial charge in [0, 0.05) is 24.7 Å². The lowest BCUT2D eigenvalue weighted by molar-refractivity contribution is 0.0741. The summed E-state index contributed by atoms with van der Waals surface area (Å²) in [6, 6.07) is 0.248. The van der Waals surface area contributed by atoms with Gasteiger partial charge in [-0.05, 0) is 31.6 Å². The van der Waals surface area contributed by atoms with E-state index in [0.717, 1.165) is 25.1 Å². The molecule has 5 heteroatoms. The first kappa shape index (κ1) is 11.7. The third-order valence-corrected chi connectivity index (χ3v) is 4.38. The predicted octanol–water partition coefficient (Wildman–Crippen LogP) is 1.18. The highest BCUT2D eigenvalue weighted by molar-refractivity contribution is 5.92. The summed E-state index contributed by atoms with van der Waals surface area (Å²) in [4.78, 5) is 14.2. The van der Waals surface area contributed by atoms with Crippen molar-refractivity contribution in [2.75, 3.05) is 13.1 Å². The van der Waals surface area contributed by atoms with E-state index in [1.807, 2.05) is 11.8 Å². The zero-order valence-electron chi connectivity index (χ0n) is 10.6. The number of nitrogens with two attached hydrogens (primary N) is 1. The Morgan fingerprint density at radius 1 is 1.50 bits per heavy atom. The van der Waals surface area contributed by atoms with Crippen molar-refractivity contribution < 1.29 is 9.32 Å². The number of rotatable bonds is 1. The Kier molecular flexibility index (Phi) is 2.86. The van der Waals surface area contributed by atoms with Gasteiger partial charge in [0.2, 0.25) is 5.76 Å². The van der Waals surface area contributed by atoms with Crippen molar-refractivity contribution >= 4 is 5.91 Å². The minimum Gasteiger partial charge on any atom is -0.351 e. The molecule has 5 nitrogen and oxygen atoms in total. The molecule has 2 heterocycles. The molecule has 1 aromatic rings. The zero-order valence-corrected chi connectivity index (χ0v) is 10.6. The lowest BCUT2D eigenvalue weighted by atomic mass is 9.78. The molecule has 0 spiro atoms. The number of aryl methyl sites for hydroxylation is 1. The molecular weight excluding hydrogens is 230 g/mol. The topological polar surface area (TPSA) is 72.4 Å². The Hall–Kier alpha value is -1.36. The Labute approximate surface area is 106 Å². The van der Waals surface area contributed by atoms with Crippen molar-refractivity contribution in [1.82, 2.24) is 10.1 Å². The molecule has 3 rings (SSSR count). The van der Waals surface area contributed by atoms with E-state index in [1.165, 1.54) is 12.8 Å². The fraction of sp³-hybridized carbons (Fsp3) is 0.692. The maximum atomic E-state index is 12.3. The van der Waals surface area contributed by atoms with Gasteiger partial charge in [-0.2, -0.15) is 0 Å². The number of carbonyl (C=O) groups is 1. The average molecular weight is 249 g/mol. The Morgan fingerprint density at radius 3 is 3.00 bits per heavy atom. The van der Waals surface area contributed by atoms with Crippen LogP contribution in [0.1, 0.15) is 35.4 Å². The van der Waals surface area contributed by atoms with E-state index in [4.69, 9.17) is 10.3 Å². The summed E-state index contributed by atoms with van der Waals surface area (Å²) in [6.45, 7) is 3.43. The van der Waals surface area contributed by atoms with Gasteiger partial charge in [0.05, 0.1) is 6.20 Å². The van der Waals surface area contributed by atoms with E-state index >= 15 is 0 Å². The fourth-order valence-corrected chi connectivity index (χ4v) is 3.32. The van der Waals surface area contributed by atoms with Gasteiger partial charge >= 0.3 is 0 Å². The van der Waals surface area contributed by atoms with Crippen LogP contribution in [-0.4, -0.2) is 35.1 Å². The maximum Gasteiger partial charge on any atom is 0.292 e. The minimum atomic E-state index is -0.0356.